The third-order valence-electron chi connectivity index (χ3n) is 10.3. The molecule has 2 aliphatic rings. The second-order valence-corrected chi connectivity index (χ2v) is 15.4. The topological polar surface area (TPSA) is 46.9 Å². The van der Waals surface area contributed by atoms with Gasteiger partial charge in [-0.25, -0.2) is 0 Å². The van der Waals surface area contributed by atoms with Gasteiger partial charge >= 0.3 is 0 Å². The standard InChI is InChI=1S/C44H45Cl2N4O2/c1-30(18-24-39-43(2,3)35-26-31(45)20-22-37(35)49(39)28-41(51)47(6)33-14-10-8-11-15-33)19-25-40-44(4,5)36-27-32(46)21-23-38(36)50(40)29-42(52)48(7)34-16-12-9-13-17-34/h8-27H,28-29H2,1-7H3/q+1. The lowest BCUT2D eigenvalue weighted by molar-refractivity contribution is -0.424. The molecular formula is C44H45Cl2N4O2+. The summed E-state index contributed by atoms with van der Waals surface area (Å²) in [5.74, 6) is -0.0493. The van der Waals surface area contributed by atoms with E-state index in [9.17, 15) is 9.59 Å². The van der Waals surface area contributed by atoms with Gasteiger partial charge in [0.1, 0.15) is 6.54 Å². The van der Waals surface area contributed by atoms with E-state index < -0.39 is 10.8 Å². The molecule has 0 unspecified atom stereocenters. The Bertz CT molecular complexity index is 2150. The van der Waals surface area contributed by atoms with Gasteiger partial charge < -0.3 is 14.7 Å². The summed E-state index contributed by atoms with van der Waals surface area (Å²) in [6.45, 7) is 11.1. The van der Waals surface area contributed by atoms with Gasteiger partial charge in [-0.2, -0.15) is 4.58 Å². The monoisotopic (exact) mass is 731 g/mol. The Morgan fingerprint density at radius 2 is 1.31 bits per heavy atom. The number of nitrogens with zero attached hydrogens (tertiary/aromatic N) is 4. The van der Waals surface area contributed by atoms with Gasteiger partial charge in [0.15, 0.2) is 5.71 Å². The SMILES string of the molecule is CC(C=CC1=[N+](CC(=O)N(C)c2ccccc2)c2ccc(Cl)cc2C1(C)C)=CC=C1N(CC(=O)N(C)c2ccccc2)c2ccc(Cl)cc2C1(C)C. The Hall–Kier alpha value is -4.91. The van der Waals surface area contributed by atoms with Gasteiger partial charge in [-0.15, -0.1) is 0 Å². The van der Waals surface area contributed by atoms with Gasteiger partial charge in [-0.3, -0.25) is 9.59 Å². The van der Waals surface area contributed by atoms with Crippen molar-refractivity contribution in [2.45, 2.75) is 45.4 Å². The summed E-state index contributed by atoms with van der Waals surface area (Å²) >= 11 is 13.0. The van der Waals surface area contributed by atoms with Crippen LogP contribution in [0.3, 0.4) is 0 Å². The fraction of sp³-hybridized carbons (Fsp3) is 0.250. The number of hydrogen-bond acceptors (Lipinski definition) is 3. The van der Waals surface area contributed by atoms with Crippen molar-refractivity contribution >= 4 is 63.5 Å². The molecule has 0 radical (unpaired) electrons. The number of carbonyl (C=O) groups is 2. The molecule has 0 saturated carbocycles. The van der Waals surface area contributed by atoms with Crippen LogP contribution in [0.4, 0.5) is 22.7 Å². The van der Waals surface area contributed by atoms with Crippen molar-refractivity contribution in [3.05, 3.63) is 154 Å². The average Bonchev–Trinajstić information content (AvgIpc) is 3.46. The van der Waals surface area contributed by atoms with Gasteiger partial charge in [0.25, 0.3) is 5.91 Å². The first-order chi connectivity index (χ1) is 24.7. The van der Waals surface area contributed by atoms with Crippen LogP contribution in [0.2, 0.25) is 10.0 Å². The zero-order valence-electron chi connectivity index (χ0n) is 30.8. The Labute approximate surface area is 317 Å². The fourth-order valence-electron chi connectivity index (χ4n) is 7.19. The maximum atomic E-state index is 13.7. The molecule has 266 valence electrons. The van der Waals surface area contributed by atoms with Crippen LogP contribution < -0.4 is 14.7 Å². The van der Waals surface area contributed by atoms with Crippen molar-refractivity contribution in [2.24, 2.45) is 0 Å². The summed E-state index contributed by atoms with van der Waals surface area (Å²) in [5, 5.41) is 1.32. The minimum Gasteiger partial charge on any atom is -0.335 e. The van der Waals surface area contributed by atoms with E-state index in [0.717, 1.165) is 50.9 Å². The molecule has 2 aliphatic heterocycles. The quantitative estimate of drug-likeness (QED) is 0.127. The van der Waals surface area contributed by atoms with Crippen LogP contribution in [0.25, 0.3) is 0 Å². The van der Waals surface area contributed by atoms with Crippen molar-refractivity contribution in [2.75, 3.05) is 41.9 Å². The zero-order chi connectivity index (χ0) is 37.4. The number of likely N-dealkylation sites (N-methyl/N-ethyl adjacent to an activating group) is 2. The van der Waals surface area contributed by atoms with Crippen molar-refractivity contribution < 1.29 is 14.2 Å². The molecule has 2 amide bonds. The van der Waals surface area contributed by atoms with Crippen LogP contribution in [0.5, 0.6) is 0 Å². The predicted molar refractivity (Wildman–Crippen MR) is 217 cm³/mol. The van der Waals surface area contributed by atoms with E-state index in [1.165, 1.54) is 0 Å². The van der Waals surface area contributed by atoms with Crippen molar-refractivity contribution in [3.63, 3.8) is 0 Å². The molecule has 0 aliphatic carbocycles. The van der Waals surface area contributed by atoms with Crippen LogP contribution in [-0.2, 0) is 20.4 Å². The predicted octanol–water partition coefficient (Wildman–Crippen LogP) is 9.88. The fourth-order valence-corrected chi connectivity index (χ4v) is 7.53. The molecule has 6 nitrogen and oxygen atoms in total. The smallest absolute Gasteiger partial charge is 0.292 e. The van der Waals surface area contributed by atoms with E-state index in [4.69, 9.17) is 23.2 Å². The highest BCUT2D eigenvalue weighted by atomic mass is 35.5. The number of hydrogen-bond donors (Lipinski definition) is 0. The number of para-hydroxylation sites is 2. The molecule has 0 atom stereocenters. The maximum Gasteiger partial charge on any atom is 0.292 e. The van der Waals surface area contributed by atoms with Crippen LogP contribution in [-0.4, -0.2) is 49.3 Å². The molecule has 0 fully saturated rings. The van der Waals surface area contributed by atoms with E-state index in [0.29, 0.717) is 10.0 Å². The van der Waals surface area contributed by atoms with Crippen LogP contribution in [0.1, 0.15) is 45.7 Å². The number of benzene rings is 4. The number of rotatable bonds is 9. The van der Waals surface area contributed by atoms with Gasteiger partial charge in [-0.1, -0.05) is 91.2 Å². The summed E-state index contributed by atoms with van der Waals surface area (Å²) in [6, 6.07) is 31.1. The number of allylic oxidation sites excluding steroid dienone is 6. The Balaban J connectivity index is 1.34. The lowest BCUT2D eigenvalue weighted by atomic mass is 9.81. The van der Waals surface area contributed by atoms with Crippen molar-refractivity contribution in [1.29, 1.82) is 0 Å². The van der Waals surface area contributed by atoms with Gasteiger partial charge in [-0.05, 0) is 87.0 Å². The first kappa shape index (κ1) is 36.9. The summed E-state index contributed by atoms with van der Waals surface area (Å²) in [5.41, 5.74) is 7.96. The normalized spacial score (nSPS) is 16.8. The molecule has 4 aromatic carbocycles. The minimum absolute atomic E-state index is 0.0246. The molecule has 6 rings (SSSR count). The summed E-state index contributed by atoms with van der Waals surface area (Å²) in [6.07, 6.45) is 8.40. The number of halogens is 2. The molecule has 8 heteroatoms. The lowest BCUT2D eigenvalue weighted by Crippen LogP contribution is -2.38. The maximum absolute atomic E-state index is 13.7. The zero-order valence-corrected chi connectivity index (χ0v) is 32.3. The first-order valence-electron chi connectivity index (χ1n) is 17.4. The summed E-state index contributed by atoms with van der Waals surface area (Å²) < 4.78 is 2.10. The van der Waals surface area contributed by atoms with E-state index in [2.05, 4.69) is 68.4 Å². The molecule has 52 heavy (non-hydrogen) atoms. The van der Waals surface area contributed by atoms with Crippen LogP contribution in [0, 0.1) is 0 Å². The minimum atomic E-state index is -0.405. The molecule has 0 bridgehead atoms. The molecule has 2 heterocycles. The summed E-state index contributed by atoms with van der Waals surface area (Å²) in [7, 11) is 3.62. The lowest BCUT2D eigenvalue weighted by Gasteiger charge is -2.28. The number of carbonyl (C=O) groups excluding carboxylic acids is 2. The highest BCUT2D eigenvalue weighted by molar-refractivity contribution is 6.31. The Morgan fingerprint density at radius 3 is 1.92 bits per heavy atom. The van der Waals surface area contributed by atoms with Gasteiger partial charge in [0, 0.05) is 70.0 Å². The molecular weight excluding hydrogens is 687 g/mol. The van der Waals surface area contributed by atoms with Crippen LogP contribution in [0.15, 0.2) is 133 Å². The van der Waals surface area contributed by atoms with Crippen LogP contribution >= 0.6 is 23.2 Å². The highest BCUT2D eigenvalue weighted by Crippen LogP contribution is 2.48. The van der Waals surface area contributed by atoms with E-state index in [-0.39, 0.29) is 24.9 Å². The van der Waals surface area contributed by atoms with E-state index >= 15 is 0 Å². The molecule has 0 N–H and O–H groups in total. The third kappa shape index (κ3) is 7.10. The number of anilines is 3. The molecule has 0 aromatic heterocycles. The van der Waals surface area contributed by atoms with Crippen molar-refractivity contribution in [1.82, 2.24) is 0 Å². The van der Waals surface area contributed by atoms with E-state index in [1.54, 1.807) is 9.80 Å². The largest absolute Gasteiger partial charge is 0.335 e. The Morgan fingerprint density at radius 1 is 0.750 bits per heavy atom. The Kier molecular flexibility index (Phi) is 10.4. The second-order valence-electron chi connectivity index (χ2n) is 14.5. The van der Waals surface area contributed by atoms with E-state index in [1.807, 2.05) is 111 Å². The molecule has 0 saturated heterocycles. The summed E-state index contributed by atoms with van der Waals surface area (Å²) in [4.78, 5) is 32.9. The second kappa shape index (κ2) is 14.6. The molecule has 0 spiro atoms. The molecule has 4 aromatic rings. The van der Waals surface area contributed by atoms with Gasteiger partial charge in [0.2, 0.25) is 18.1 Å². The number of amides is 2. The first-order valence-corrected chi connectivity index (χ1v) is 18.2. The average molecular weight is 733 g/mol. The van der Waals surface area contributed by atoms with Crippen molar-refractivity contribution in [3.8, 4) is 0 Å². The third-order valence-corrected chi connectivity index (χ3v) is 10.8. The highest BCUT2D eigenvalue weighted by Gasteiger charge is 2.45. The number of fused-ring (bicyclic) bond motifs is 2. The van der Waals surface area contributed by atoms with Gasteiger partial charge in [0.05, 0.1) is 5.41 Å².